The minimum absolute atomic E-state index is 0.170. The summed E-state index contributed by atoms with van der Waals surface area (Å²) in [4.78, 5) is 48.5. The second kappa shape index (κ2) is 9.84. The molecule has 0 saturated heterocycles. The third-order valence-electron chi connectivity index (χ3n) is 5.76. The molecule has 0 radical (unpaired) electrons. The normalized spacial score (nSPS) is 16.5. The van der Waals surface area contributed by atoms with Gasteiger partial charge in [-0.25, -0.2) is 9.98 Å². The molecule has 36 heavy (non-hydrogen) atoms. The maximum atomic E-state index is 12.5. The van der Waals surface area contributed by atoms with E-state index in [0.29, 0.717) is 30.2 Å². The molecule has 0 fully saturated rings. The van der Waals surface area contributed by atoms with Crippen molar-refractivity contribution in [3.05, 3.63) is 95.0 Å². The van der Waals surface area contributed by atoms with E-state index in [1.54, 1.807) is 30.6 Å². The molecule has 1 aromatic heterocycles. The first-order valence-electron chi connectivity index (χ1n) is 11.2. The van der Waals surface area contributed by atoms with Gasteiger partial charge in [0.2, 0.25) is 0 Å². The van der Waals surface area contributed by atoms with Gasteiger partial charge in [-0.1, -0.05) is 36.4 Å². The predicted octanol–water partition coefficient (Wildman–Crippen LogP) is 1.72. The van der Waals surface area contributed by atoms with Gasteiger partial charge in [-0.3, -0.25) is 19.3 Å². The van der Waals surface area contributed by atoms with Crippen molar-refractivity contribution < 1.29 is 19.1 Å². The molecule has 5 N–H and O–H groups in total. The second-order valence-corrected chi connectivity index (χ2v) is 8.26. The number of aromatic nitrogens is 2. The Balaban J connectivity index is 1.11. The number of fused-ring (bicyclic) bond motifs is 1. The molecule has 2 aromatic carbocycles. The van der Waals surface area contributed by atoms with Gasteiger partial charge in [0, 0.05) is 24.3 Å². The van der Waals surface area contributed by atoms with E-state index < -0.39 is 6.23 Å². The molecule has 3 aromatic rings. The van der Waals surface area contributed by atoms with Gasteiger partial charge in [0.15, 0.2) is 18.0 Å². The number of hydrogen-bond acceptors (Lipinski definition) is 8. The summed E-state index contributed by atoms with van der Waals surface area (Å²) in [5.74, 6) is -0.0518. The molecule has 11 heteroatoms. The number of H-pyrrole nitrogens is 1. The van der Waals surface area contributed by atoms with Gasteiger partial charge < -0.3 is 26.1 Å². The number of nitrogens with two attached hydrogens (primary N) is 1. The number of imidazole rings is 1. The van der Waals surface area contributed by atoms with Crippen LogP contribution in [0.3, 0.4) is 0 Å². The van der Waals surface area contributed by atoms with Crippen molar-refractivity contribution in [3.8, 4) is 0 Å². The number of anilines is 1. The van der Waals surface area contributed by atoms with Crippen molar-refractivity contribution in [1.29, 1.82) is 0 Å². The molecule has 1 atom stereocenters. The quantitative estimate of drug-likeness (QED) is 0.354. The topological polar surface area (TPSA) is 155 Å². The number of hydrogen-bond donors (Lipinski definition) is 4. The Morgan fingerprint density at radius 2 is 1.67 bits per heavy atom. The molecule has 182 valence electrons. The first-order valence-corrected chi connectivity index (χ1v) is 11.2. The number of benzene rings is 2. The minimum Gasteiger partial charge on any atom is -0.370 e. The summed E-state index contributed by atoms with van der Waals surface area (Å²) in [6.45, 7) is 0.851. The van der Waals surface area contributed by atoms with Crippen LogP contribution in [0.4, 0.5) is 5.82 Å². The smallest absolute Gasteiger partial charge is 0.253 e. The van der Waals surface area contributed by atoms with Gasteiger partial charge in [-0.05, 0) is 28.8 Å². The first-order chi connectivity index (χ1) is 17.5. The summed E-state index contributed by atoms with van der Waals surface area (Å²) in [7, 11) is 0. The number of aliphatic imine (C=N–C) groups is 1. The van der Waals surface area contributed by atoms with E-state index >= 15 is 0 Å². The van der Waals surface area contributed by atoms with Gasteiger partial charge in [0.25, 0.3) is 17.7 Å². The van der Waals surface area contributed by atoms with Crippen LogP contribution in [-0.4, -0.2) is 38.5 Å². The molecule has 0 spiro atoms. The van der Waals surface area contributed by atoms with Crippen molar-refractivity contribution in [1.82, 2.24) is 20.2 Å². The minimum atomic E-state index is -0.568. The number of nitrogens with one attached hydrogen (secondary N) is 3. The van der Waals surface area contributed by atoms with Crippen LogP contribution in [0, 0.1) is 0 Å². The maximum absolute atomic E-state index is 12.5. The molecule has 3 heterocycles. The van der Waals surface area contributed by atoms with Crippen molar-refractivity contribution in [2.45, 2.75) is 25.9 Å². The van der Waals surface area contributed by atoms with Crippen LogP contribution in [0.2, 0.25) is 0 Å². The first kappa shape index (κ1) is 23.0. The lowest BCUT2D eigenvalue weighted by molar-refractivity contribution is -0.137. The van der Waals surface area contributed by atoms with Gasteiger partial charge in [0.1, 0.15) is 5.69 Å². The number of amides is 3. The zero-order chi connectivity index (χ0) is 25.1. The van der Waals surface area contributed by atoms with Gasteiger partial charge in [-0.15, -0.1) is 0 Å². The van der Waals surface area contributed by atoms with Gasteiger partial charge in [0.05, 0.1) is 19.5 Å². The van der Waals surface area contributed by atoms with E-state index in [1.807, 2.05) is 24.3 Å². The fourth-order valence-corrected chi connectivity index (χ4v) is 3.80. The summed E-state index contributed by atoms with van der Waals surface area (Å²) >= 11 is 0. The van der Waals surface area contributed by atoms with E-state index in [2.05, 4.69) is 25.6 Å². The van der Waals surface area contributed by atoms with Crippen LogP contribution in [0.15, 0.2) is 72.0 Å². The largest absolute Gasteiger partial charge is 0.370 e. The summed E-state index contributed by atoms with van der Waals surface area (Å²) < 4.78 is 5.89. The summed E-state index contributed by atoms with van der Waals surface area (Å²) in [6, 6.07) is 14.5. The second-order valence-electron chi connectivity index (χ2n) is 8.26. The Labute approximate surface area is 206 Å². The summed E-state index contributed by atoms with van der Waals surface area (Å²) in [5, 5.41) is 5.76. The highest BCUT2D eigenvalue weighted by Gasteiger charge is 2.24. The maximum Gasteiger partial charge on any atom is 0.253 e. The molecular formula is C25H23N7O4. The molecule has 2 aliphatic heterocycles. The highest BCUT2D eigenvalue weighted by atomic mass is 16.5. The van der Waals surface area contributed by atoms with Crippen LogP contribution in [0.25, 0.3) is 0 Å². The van der Waals surface area contributed by atoms with Crippen molar-refractivity contribution >= 4 is 29.5 Å². The van der Waals surface area contributed by atoms with Gasteiger partial charge in [-0.2, -0.15) is 0 Å². The molecule has 5 rings (SSSR count). The summed E-state index contributed by atoms with van der Waals surface area (Å²) in [5.41, 5.74) is 9.62. The molecule has 3 amide bonds. The number of carbonyl (C=O) groups is 3. The van der Waals surface area contributed by atoms with Crippen molar-refractivity contribution in [3.63, 3.8) is 0 Å². The van der Waals surface area contributed by atoms with Crippen LogP contribution in [0.1, 0.15) is 39.0 Å². The monoisotopic (exact) mass is 485 g/mol. The lowest BCUT2D eigenvalue weighted by atomic mass is 10.1. The average molecular weight is 486 g/mol. The standard InChI is InChI=1S/C25H23N7O4/c26-25-30-22-21(28-14-29-22)24(31-25)36-13-17-3-1-15(2-4-17)11-27-23(35)18-7-5-16(6-8-18)12-32-19(33)9-10-20(32)34/h1-10,14,24H,11-13H2,(H,27,35)(H,28,29)(H3,26,30,31). The zero-order valence-corrected chi connectivity index (χ0v) is 19.1. The Kier molecular flexibility index (Phi) is 6.29. The number of carbonyl (C=O) groups excluding carboxylic acids is 3. The number of rotatable bonds is 8. The third kappa shape index (κ3) is 5.00. The van der Waals surface area contributed by atoms with Crippen LogP contribution in [0.5, 0.6) is 0 Å². The molecule has 2 aliphatic rings. The molecule has 11 nitrogen and oxygen atoms in total. The lowest BCUT2D eigenvalue weighted by Crippen LogP contribution is -2.29. The molecule has 0 bridgehead atoms. The highest BCUT2D eigenvalue weighted by molar-refractivity contribution is 6.12. The SMILES string of the molecule is NC1=NC(OCc2ccc(CNC(=O)c3ccc(CN4C(=O)C=CC4=O)cc3)cc2)c2[nH]cnc2N1. The molecule has 0 aliphatic carbocycles. The van der Waals surface area contributed by atoms with Gasteiger partial charge >= 0.3 is 0 Å². The van der Waals surface area contributed by atoms with E-state index in [4.69, 9.17) is 10.5 Å². The number of guanidine groups is 1. The molecule has 0 saturated carbocycles. The fraction of sp³-hybridized carbons (Fsp3) is 0.160. The highest BCUT2D eigenvalue weighted by Crippen LogP contribution is 2.27. The van der Waals surface area contributed by atoms with Crippen LogP contribution >= 0.6 is 0 Å². The van der Waals surface area contributed by atoms with Crippen LogP contribution in [-0.2, 0) is 34.0 Å². The Morgan fingerprint density at radius 1 is 1.00 bits per heavy atom. The Bertz CT molecular complexity index is 1340. The van der Waals surface area contributed by atoms with Crippen molar-refractivity contribution in [2.24, 2.45) is 10.7 Å². The lowest BCUT2D eigenvalue weighted by Gasteiger charge is -2.19. The molecular weight excluding hydrogens is 462 g/mol. The van der Waals surface area contributed by atoms with Crippen LogP contribution < -0.4 is 16.4 Å². The predicted molar refractivity (Wildman–Crippen MR) is 130 cm³/mol. The number of nitrogens with zero attached hydrogens (tertiary/aromatic N) is 3. The fourth-order valence-electron chi connectivity index (χ4n) is 3.80. The van der Waals surface area contributed by atoms with E-state index in [9.17, 15) is 14.4 Å². The zero-order valence-electron chi connectivity index (χ0n) is 19.1. The summed E-state index contributed by atoms with van der Waals surface area (Å²) in [6.07, 6.45) is 3.48. The number of imide groups is 1. The number of aromatic amines is 1. The third-order valence-corrected chi connectivity index (χ3v) is 5.76. The van der Waals surface area contributed by atoms with E-state index in [-0.39, 0.29) is 30.2 Å². The number of ether oxygens (including phenoxy) is 1. The average Bonchev–Trinajstić information content (AvgIpc) is 3.48. The molecule has 1 unspecified atom stereocenters. The Hall–Kier alpha value is -4.77. The van der Waals surface area contributed by atoms with E-state index in [1.165, 1.54) is 12.2 Å². The van der Waals surface area contributed by atoms with Crippen molar-refractivity contribution in [2.75, 3.05) is 5.32 Å². The van der Waals surface area contributed by atoms with E-state index in [0.717, 1.165) is 21.6 Å². The Morgan fingerprint density at radius 3 is 2.39 bits per heavy atom.